The van der Waals surface area contributed by atoms with Gasteiger partial charge in [-0.3, -0.25) is 28.6 Å². The smallest absolute Gasteiger partial charge is 1.00 e. The molecule has 2 saturated heterocycles. The van der Waals surface area contributed by atoms with Crippen LogP contribution in [0.2, 0.25) is 0 Å². The quantitative estimate of drug-likeness (QED) is 0.109. The summed E-state index contributed by atoms with van der Waals surface area (Å²) in [7, 11) is -4.71. The van der Waals surface area contributed by atoms with E-state index < -0.39 is 58.6 Å². The molecule has 15 heteroatoms. The molecule has 3 N–H and O–H groups in total. The van der Waals surface area contributed by atoms with Crippen LogP contribution in [-0.2, 0) is 29.5 Å². The summed E-state index contributed by atoms with van der Waals surface area (Å²) >= 11 is 0. The molecule has 0 radical (unpaired) electrons. The number of nitrogens with zero attached hydrogens (tertiary/aromatic N) is 3. The van der Waals surface area contributed by atoms with Gasteiger partial charge in [-0.1, -0.05) is 6.08 Å². The number of amides is 6. The minimum absolute atomic E-state index is 0. The molecule has 0 aromatic rings. The van der Waals surface area contributed by atoms with E-state index in [1.54, 1.807) is 13.0 Å². The van der Waals surface area contributed by atoms with Crippen molar-refractivity contribution in [2.24, 2.45) is 0 Å². The van der Waals surface area contributed by atoms with Crippen LogP contribution < -0.4 is 40.2 Å². The number of carbonyl (C=O) groups excluding carboxylic acids is 5. The molecule has 0 spiro atoms. The molecule has 3 aliphatic rings. The number of imide groups is 1. The summed E-state index contributed by atoms with van der Waals surface area (Å²) in [5.74, 6) is -3.56. The van der Waals surface area contributed by atoms with Crippen molar-refractivity contribution in [3.05, 3.63) is 11.6 Å². The van der Waals surface area contributed by atoms with Crippen LogP contribution in [0, 0.1) is 0 Å². The first-order chi connectivity index (χ1) is 15.0. The third kappa shape index (κ3) is 5.93. The Morgan fingerprint density at radius 3 is 2.45 bits per heavy atom. The molecule has 0 saturated carbocycles. The fourth-order valence-electron chi connectivity index (χ4n) is 3.79. The first-order valence-corrected chi connectivity index (χ1v) is 11.6. The predicted molar refractivity (Wildman–Crippen MR) is 109 cm³/mol. The number of hydrogen-bond donors (Lipinski definition) is 3. The second-order valence-corrected chi connectivity index (χ2v) is 8.99. The molecule has 2 atom stereocenters. The molecule has 1 aliphatic carbocycles. The van der Waals surface area contributed by atoms with Gasteiger partial charge in [0.1, 0.15) is 12.1 Å². The third-order valence-corrected chi connectivity index (χ3v) is 6.54. The summed E-state index contributed by atoms with van der Waals surface area (Å²) in [5, 5.41) is 4.84. The van der Waals surface area contributed by atoms with Crippen LogP contribution >= 0.6 is 0 Å². The monoisotopic (exact) mass is 495 g/mol. The Kier molecular flexibility index (Phi) is 9.04. The number of carbonyl (C=O) groups is 5. The van der Waals surface area contributed by atoms with Crippen molar-refractivity contribution < 1.29 is 67.9 Å². The minimum Gasteiger partial charge on any atom is -1.00 e. The summed E-state index contributed by atoms with van der Waals surface area (Å²) in [6.45, 7) is 1.75. The average Bonchev–Trinajstić information content (AvgIpc) is 2.75. The summed E-state index contributed by atoms with van der Waals surface area (Å²) in [5.41, 5.74) is 0.589. The number of rotatable bonds is 6. The molecule has 0 aromatic heterocycles. The number of hydrogen-bond acceptors (Lipinski definition) is 7. The SMILES string of the molecule is CCN1CCN(C(=O)NC(C(=O)NC2CN(S(=O)(=O)O)C2=O)C2=CCCCC2)C(=O)C1=O.[H-].[Na+]. The van der Waals surface area contributed by atoms with Gasteiger partial charge in [0.2, 0.25) is 5.91 Å². The van der Waals surface area contributed by atoms with Gasteiger partial charge < -0.3 is 17.0 Å². The van der Waals surface area contributed by atoms with Gasteiger partial charge in [0, 0.05) is 19.6 Å². The second-order valence-electron chi connectivity index (χ2n) is 7.66. The summed E-state index contributed by atoms with van der Waals surface area (Å²) in [6.07, 6.45) is 4.66. The van der Waals surface area contributed by atoms with Crippen LogP contribution in [0.25, 0.3) is 0 Å². The zero-order valence-corrected chi connectivity index (χ0v) is 21.3. The summed E-state index contributed by atoms with van der Waals surface area (Å²) in [6, 6.07) is -3.29. The third-order valence-electron chi connectivity index (χ3n) is 5.65. The van der Waals surface area contributed by atoms with Crippen LogP contribution in [0.1, 0.15) is 34.0 Å². The van der Waals surface area contributed by atoms with Crippen LogP contribution in [0.15, 0.2) is 11.6 Å². The number of allylic oxidation sites excluding steroid dienone is 1. The van der Waals surface area contributed by atoms with E-state index in [0.29, 0.717) is 25.0 Å². The Balaban J connectivity index is 0.00000289. The van der Waals surface area contributed by atoms with Crippen LogP contribution in [0.4, 0.5) is 4.79 Å². The number of piperazine rings is 1. The van der Waals surface area contributed by atoms with E-state index in [4.69, 9.17) is 4.55 Å². The largest absolute Gasteiger partial charge is 1.00 e. The van der Waals surface area contributed by atoms with Gasteiger partial charge in [-0.15, -0.1) is 0 Å². The average molecular weight is 495 g/mol. The fraction of sp³-hybridized carbons (Fsp3) is 0.611. The van der Waals surface area contributed by atoms with Crippen molar-refractivity contribution in [1.29, 1.82) is 0 Å². The molecule has 33 heavy (non-hydrogen) atoms. The summed E-state index contributed by atoms with van der Waals surface area (Å²) in [4.78, 5) is 64.0. The van der Waals surface area contributed by atoms with Crippen LogP contribution in [-0.4, -0.2) is 95.0 Å². The van der Waals surface area contributed by atoms with Gasteiger partial charge in [-0.2, -0.15) is 8.42 Å². The van der Waals surface area contributed by atoms with Crippen molar-refractivity contribution in [2.75, 3.05) is 26.2 Å². The van der Waals surface area contributed by atoms with Gasteiger partial charge in [0.15, 0.2) is 0 Å². The molecule has 6 amide bonds. The van der Waals surface area contributed by atoms with Crippen molar-refractivity contribution in [2.45, 2.75) is 44.7 Å². The Morgan fingerprint density at radius 1 is 1.21 bits per heavy atom. The maximum atomic E-state index is 12.9. The van der Waals surface area contributed by atoms with Gasteiger partial charge >= 0.3 is 57.7 Å². The molecule has 13 nitrogen and oxygen atoms in total. The maximum absolute atomic E-state index is 12.9. The molecule has 2 fully saturated rings. The topological polar surface area (TPSA) is 173 Å². The van der Waals surface area contributed by atoms with E-state index in [9.17, 15) is 32.4 Å². The van der Waals surface area contributed by atoms with E-state index in [1.807, 2.05) is 0 Å². The normalized spacial score (nSPS) is 22.1. The van der Waals surface area contributed by atoms with Crippen molar-refractivity contribution in [1.82, 2.24) is 24.7 Å². The standard InChI is InChI=1S/C18H25N5O8S.Na.H/c1-2-21-8-9-22(17(27)16(21)26)18(28)20-13(11-6-4-3-5-7-11)14(24)19-12-10-23(15(12)25)32(29,30)31;;/h6,12-13H,2-5,7-10H2,1H3,(H,19,24)(H,20,28)(H,29,30,31);;/q;+1;-1. The summed E-state index contributed by atoms with van der Waals surface area (Å²) < 4.78 is 31.3. The first kappa shape index (κ1) is 27.2. The van der Waals surface area contributed by atoms with Crippen LogP contribution in [0.3, 0.4) is 0 Å². The molecule has 2 heterocycles. The van der Waals surface area contributed by atoms with E-state index in [2.05, 4.69) is 10.6 Å². The first-order valence-electron chi connectivity index (χ1n) is 10.2. The van der Waals surface area contributed by atoms with E-state index in [1.165, 1.54) is 4.90 Å². The van der Waals surface area contributed by atoms with Gasteiger partial charge in [-0.25, -0.2) is 9.10 Å². The van der Waals surface area contributed by atoms with Gasteiger partial charge in [0.05, 0.1) is 6.54 Å². The minimum atomic E-state index is -4.71. The zero-order valence-electron chi connectivity index (χ0n) is 19.4. The molecule has 0 bridgehead atoms. The molecule has 2 aliphatic heterocycles. The predicted octanol–water partition coefficient (Wildman–Crippen LogP) is -4.50. The van der Waals surface area contributed by atoms with Crippen molar-refractivity contribution >= 4 is 40.0 Å². The van der Waals surface area contributed by atoms with Crippen LogP contribution in [0.5, 0.6) is 0 Å². The Hall–Kier alpha value is -2.00. The van der Waals surface area contributed by atoms with E-state index >= 15 is 0 Å². The molecule has 3 rings (SSSR count). The molecule has 2 unspecified atom stereocenters. The molecule has 178 valence electrons. The van der Waals surface area contributed by atoms with E-state index in [-0.39, 0.29) is 48.4 Å². The number of urea groups is 1. The van der Waals surface area contributed by atoms with Crippen molar-refractivity contribution in [3.63, 3.8) is 0 Å². The Morgan fingerprint density at radius 2 is 1.91 bits per heavy atom. The van der Waals surface area contributed by atoms with Gasteiger partial charge in [0.25, 0.3) is 5.91 Å². The zero-order chi connectivity index (χ0) is 23.6. The van der Waals surface area contributed by atoms with E-state index in [0.717, 1.165) is 17.7 Å². The fourth-order valence-corrected chi connectivity index (χ4v) is 4.48. The van der Waals surface area contributed by atoms with Crippen molar-refractivity contribution in [3.8, 4) is 0 Å². The second kappa shape index (κ2) is 11.0. The number of likely N-dealkylation sites (N-methyl/N-ethyl adjacent to an activating group) is 1. The van der Waals surface area contributed by atoms with Gasteiger partial charge in [-0.05, 0) is 38.2 Å². The number of nitrogens with one attached hydrogen (secondary N) is 2. The Bertz CT molecular complexity index is 991. The molecular weight excluding hydrogens is 469 g/mol. The Labute approximate surface area is 214 Å². The molecular formula is C18H26N5NaO8S. The number of β-lactam (4-membered cyclic amide) rings is 1. The molecule has 0 aromatic carbocycles. The maximum Gasteiger partial charge on any atom is 1.00 e.